The summed E-state index contributed by atoms with van der Waals surface area (Å²) >= 11 is 0. The van der Waals surface area contributed by atoms with E-state index in [9.17, 15) is 26.4 Å². The summed E-state index contributed by atoms with van der Waals surface area (Å²) in [6, 6.07) is 12.4. The first kappa shape index (κ1) is 19.1. The third-order valence-electron chi connectivity index (χ3n) is 4.52. The van der Waals surface area contributed by atoms with Crippen LogP contribution in [-0.2, 0) is 10.0 Å². The van der Waals surface area contributed by atoms with Gasteiger partial charge in [-0.1, -0.05) is 24.3 Å². The van der Waals surface area contributed by atoms with Gasteiger partial charge in [0.2, 0.25) is 0 Å². The topological polar surface area (TPSA) is 75.7 Å². The molecule has 0 aliphatic carbocycles. The number of hydrogen-bond donors (Lipinski definition) is 1. The quantitative estimate of drug-likeness (QED) is 0.686. The summed E-state index contributed by atoms with van der Waals surface area (Å²) in [6.07, 6.45) is -5.04. The Kier molecular flexibility index (Phi) is 4.19. The number of nitrogens with zero attached hydrogens (tertiary/aromatic N) is 1. The zero-order valence-electron chi connectivity index (χ0n) is 14.8. The van der Waals surface area contributed by atoms with E-state index in [2.05, 4.69) is 9.46 Å². The number of para-hydroxylation sites is 1. The maximum absolute atomic E-state index is 12.8. The van der Waals surface area contributed by atoms with Crippen molar-refractivity contribution in [2.45, 2.75) is 11.3 Å². The molecule has 29 heavy (non-hydrogen) atoms. The Bertz CT molecular complexity index is 1260. The van der Waals surface area contributed by atoms with Gasteiger partial charge in [0.05, 0.1) is 11.4 Å². The highest BCUT2D eigenvalue weighted by Gasteiger charge is 2.34. The van der Waals surface area contributed by atoms with Crippen molar-refractivity contribution >= 4 is 38.1 Å². The molecule has 3 aromatic rings. The van der Waals surface area contributed by atoms with E-state index in [1.165, 1.54) is 23.1 Å². The molecule has 0 atom stereocenters. The first-order chi connectivity index (χ1) is 13.6. The highest BCUT2D eigenvalue weighted by atomic mass is 32.2. The van der Waals surface area contributed by atoms with Gasteiger partial charge in [0, 0.05) is 23.4 Å². The van der Waals surface area contributed by atoms with Crippen LogP contribution < -0.4 is 14.4 Å². The third-order valence-corrected chi connectivity index (χ3v) is 5.93. The number of rotatable bonds is 4. The molecule has 6 nitrogen and oxygen atoms in total. The molecular weight excluding hydrogens is 409 g/mol. The lowest BCUT2D eigenvalue weighted by molar-refractivity contribution is -0.275. The number of carbonyl (C=O) groups is 1. The van der Waals surface area contributed by atoms with Gasteiger partial charge in [-0.05, 0) is 30.3 Å². The number of anilines is 2. The van der Waals surface area contributed by atoms with E-state index in [4.69, 9.17) is 0 Å². The monoisotopic (exact) mass is 422 g/mol. The van der Waals surface area contributed by atoms with E-state index in [0.29, 0.717) is 22.0 Å². The maximum Gasteiger partial charge on any atom is 0.573 e. The van der Waals surface area contributed by atoms with E-state index < -0.39 is 27.0 Å². The molecule has 0 fully saturated rings. The smallest absolute Gasteiger partial charge is 0.404 e. The first-order valence-corrected chi connectivity index (χ1v) is 9.78. The normalized spacial score (nSPS) is 13.8. The molecule has 1 N–H and O–H groups in total. The lowest BCUT2D eigenvalue weighted by atomic mass is 10.0. The standard InChI is InChI=1S/C19H13F3N2O4S/c1-24-14-10-9-13(11-5-4-6-12(17(11)14)18(24)25)23-29(26,27)16-8-3-2-7-15(16)28-19(20,21)22/h2-10,23H,1H3. The summed E-state index contributed by atoms with van der Waals surface area (Å²) in [5, 5.41) is 1.02. The number of ether oxygens (including phenoxy) is 1. The zero-order valence-corrected chi connectivity index (χ0v) is 15.6. The van der Waals surface area contributed by atoms with Crippen LogP contribution >= 0.6 is 0 Å². The van der Waals surface area contributed by atoms with E-state index in [0.717, 1.165) is 12.1 Å². The van der Waals surface area contributed by atoms with Crippen LogP contribution in [0.2, 0.25) is 0 Å². The molecule has 1 amide bonds. The minimum absolute atomic E-state index is 0.135. The highest BCUT2D eigenvalue weighted by Crippen LogP contribution is 2.40. The molecule has 150 valence electrons. The Morgan fingerprint density at radius 1 is 1.00 bits per heavy atom. The van der Waals surface area contributed by atoms with Gasteiger partial charge in [0.15, 0.2) is 0 Å². The van der Waals surface area contributed by atoms with Crippen LogP contribution in [0.3, 0.4) is 0 Å². The van der Waals surface area contributed by atoms with Crippen LogP contribution in [0.25, 0.3) is 10.8 Å². The van der Waals surface area contributed by atoms with Crippen LogP contribution in [0.5, 0.6) is 5.75 Å². The number of nitrogens with one attached hydrogen (secondary N) is 1. The summed E-state index contributed by atoms with van der Waals surface area (Å²) in [5.74, 6) is -1.07. The molecule has 10 heteroatoms. The molecule has 0 unspecified atom stereocenters. The summed E-state index contributed by atoms with van der Waals surface area (Å²) in [4.78, 5) is 13.1. The average molecular weight is 422 g/mol. The first-order valence-electron chi connectivity index (χ1n) is 8.30. The Labute approximate surface area is 163 Å². The van der Waals surface area contributed by atoms with E-state index >= 15 is 0 Å². The fourth-order valence-electron chi connectivity index (χ4n) is 3.31. The number of amides is 1. The van der Waals surface area contributed by atoms with Gasteiger partial charge in [-0.2, -0.15) is 0 Å². The molecule has 3 aromatic carbocycles. The number of hydrogen-bond acceptors (Lipinski definition) is 4. The fraction of sp³-hybridized carbons (Fsp3) is 0.105. The second kappa shape index (κ2) is 6.38. The van der Waals surface area contributed by atoms with Crippen molar-refractivity contribution in [3.63, 3.8) is 0 Å². The maximum atomic E-state index is 12.8. The number of alkyl halides is 3. The van der Waals surface area contributed by atoms with Crippen molar-refractivity contribution < 1.29 is 31.1 Å². The summed E-state index contributed by atoms with van der Waals surface area (Å²) in [7, 11) is -2.81. The largest absolute Gasteiger partial charge is 0.573 e. The minimum atomic E-state index is -5.04. The molecule has 1 aliphatic rings. The molecule has 1 aliphatic heterocycles. The van der Waals surface area contributed by atoms with Crippen LogP contribution in [0.15, 0.2) is 59.5 Å². The molecule has 0 spiro atoms. The molecule has 1 heterocycles. The van der Waals surface area contributed by atoms with Gasteiger partial charge in [0.25, 0.3) is 15.9 Å². The fourth-order valence-corrected chi connectivity index (χ4v) is 4.52. The number of benzene rings is 3. The molecule has 4 rings (SSSR count). The molecule has 0 saturated carbocycles. The number of halogens is 3. The second-order valence-corrected chi connectivity index (χ2v) is 7.98. The Morgan fingerprint density at radius 3 is 2.45 bits per heavy atom. The van der Waals surface area contributed by atoms with Crippen molar-refractivity contribution in [2.24, 2.45) is 0 Å². The summed E-state index contributed by atoms with van der Waals surface area (Å²) < 4.78 is 69.7. The van der Waals surface area contributed by atoms with Gasteiger partial charge >= 0.3 is 6.36 Å². The SMILES string of the molecule is CN1C(=O)c2cccc3c(NS(=O)(=O)c4ccccc4OC(F)(F)F)ccc1c23. The average Bonchev–Trinajstić information content (AvgIpc) is 2.89. The molecule has 0 saturated heterocycles. The van der Waals surface area contributed by atoms with Gasteiger partial charge in [0.1, 0.15) is 10.6 Å². The van der Waals surface area contributed by atoms with Crippen LogP contribution in [0.1, 0.15) is 10.4 Å². The Balaban J connectivity index is 1.80. The van der Waals surface area contributed by atoms with E-state index in [1.807, 2.05) is 0 Å². The second-order valence-electron chi connectivity index (χ2n) is 6.32. The van der Waals surface area contributed by atoms with Crippen LogP contribution in [0.4, 0.5) is 24.5 Å². The number of sulfonamides is 1. The van der Waals surface area contributed by atoms with Gasteiger partial charge in [-0.25, -0.2) is 8.42 Å². The minimum Gasteiger partial charge on any atom is -0.404 e. The van der Waals surface area contributed by atoms with Crippen molar-refractivity contribution in [3.05, 3.63) is 60.2 Å². The molecule has 0 bridgehead atoms. The van der Waals surface area contributed by atoms with E-state index in [-0.39, 0.29) is 11.6 Å². The van der Waals surface area contributed by atoms with Crippen LogP contribution in [-0.4, -0.2) is 27.7 Å². The molecule has 0 radical (unpaired) electrons. The Morgan fingerprint density at radius 2 is 1.72 bits per heavy atom. The lowest BCUT2D eigenvalue weighted by Gasteiger charge is -2.16. The lowest BCUT2D eigenvalue weighted by Crippen LogP contribution is -2.21. The van der Waals surface area contributed by atoms with Gasteiger partial charge in [-0.3, -0.25) is 9.52 Å². The van der Waals surface area contributed by atoms with Crippen molar-refractivity contribution in [1.82, 2.24) is 0 Å². The Hall–Kier alpha value is -3.27. The zero-order chi connectivity index (χ0) is 21.0. The highest BCUT2D eigenvalue weighted by molar-refractivity contribution is 7.92. The predicted molar refractivity (Wildman–Crippen MR) is 101 cm³/mol. The van der Waals surface area contributed by atoms with Crippen LogP contribution in [0, 0.1) is 0 Å². The molecule has 0 aromatic heterocycles. The van der Waals surface area contributed by atoms with Crippen molar-refractivity contribution in [2.75, 3.05) is 16.7 Å². The molecular formula is C19H13F3N2O4S. The summed E-state index contributed by atoms with van der Waals surface area (Å²) in [5.41, 5.74) is 1.17. The number of carbonyl (C=O) groups excluding carboxylic acids is 1. The van der Waals surface area contributed by atoms with Crippen molar-refractivity contribution in [3.8, 4) is 5.75 Å². The predicted octanol–water partition coefficient (Wildman–Crippen LogP) is 4.13. The van der Waals surface area contributed by atoms with Gasteiger partial charge < -0.3 is 9.64 Å². The van der Waals surface area contributed by atoms with Crippen molar-refractivity contribution in [1.29, 1.82) is 0 Å². The summed E-state index contributed by atoms with van der Waals surface area (Å²) in [6.45, 7) is 0. The third kappa shape index (κ3) is 3.25. The van der Waals surface area contributed by atoms with Gasteiger partial charge in [-0.15, -0.1) is 13.2 Å². The van der Waals surface area contributed by atoms with E-state index in [1.54, 1.807) is 31.3 Å².